The molecule has 31 heavy (non-hydrogen) atoms. The smallest absolute Gasteiger partial charge is 0.355 e. The first-order valence-electron chi connectivity index (χ1n) is 9.88. The molecule has 0 atom stereocenters. The number of hydrogen-bond donors (Lipinski definition) is 1. The molecule has 0 unspecified atom stereocenters. The van der Waals surface area contributed by atoms with E-state index >= 15 is 0 Å². The first kappa shape index (κ1) is 23.1. The Hall–Kier alpha value is -2.61. The van der Waals surface area contributed by atoms with Gasteiger partial charge in [-0.3, -0.25) is 0 Å². The SMILES string of the molecule is CCOC(=O)c1[nH]c(C)c(CN(Cc2ccccc2)S(=O)(=O)c2cccc(Cl)c2)c1C. The van der Waals surface area contributed by atoms with Crippen molar-refractivity contribution in [1.82, 2.24) is 9.29 Å². The fourth-order valence-electron chi connectivity index (χ4n) is 3.40. The number of halogens is 1. The van der Waals surface area contributed by atoms with E-state index in [1.165, 1.54) is 16.4 Å². The van der Waals surface area contributed by atoms with Crippen LogP contribution >= 0.6 is 11.6 Å². The van der Waals surface area contributed by atoms with Gasteiger partial charge in [-0.25, -0.2) is 13.2 Å². The zero-order valence-electron chi connectivity index (χ0n) is 17.7. The summed E-state index contributed by atoms with van der Waals surface area (Å²) in [7, 11) is -3.86. The van der Waals surface area contributed by atoms with Gasteiger partial charge in [0.05, 0.1) is 11.5 Å². The Balaban J connectivity index is 2.03. The predicted octanol–water partition coefficient (Wildman–Crippen LogP) is 4.85. The van der Waals surface area contributed by atoms with Crippen molar-refractivity contribution in [1.29, 1.82) is 0 Å². The lowest BCUT2D eigenvalue weighted by Crippen LogP contribution is -2.30. The molecule has 0 saturated carbocycles. The number of carbonyl (C=O) groups is 1. The number of aromatic amines is 1. The molecule has 164 valence electrons. The molecule has 2 aromatic carbocycles. The lowest BCUT2D eigenvalue weighted by molar-refractivity contribution is 0.0519. The molecule has 3 aromatic rings. The maximum absolute atomic E-state index is 13.5. The quantitative estimate of drug-likeness (QED) is 0.487. The van der Waals surface area contributed by atoms with Crippen LogP contribution in [0.15, 0.2) is 59.5 Å². The van der Waals surface area contributed by atoms with Crippen LogP contribution in [0.5, 0.6) is 0 Å². The highest BCUT2D eigenvalue weighted by Crippen LogP contribution is 2.27. The van der Waals surface area contributed by atoms with Crippen LogP contribution in [0, 0.1) is 13.8 Å². The fourth-order valence-corrected chi connectivity index (χ4v) is 5.10. The van der Waals surface area contributed by atoms with Crippen LogP contribution in [0.3, 0.4) is 0 Å². The van der Waals surface area contributed by atoms with Crippen molar-refractivity contribution in [3.8, 4) is 0 Å². The number of nitrogens with zero attached hydrogens (tertiary/aromatic N) is 1. The molecule has 1 aromatic heterocycles. The van der Waals surface area contributed by atoms with Crippen LogP contribution in [0.25, 0.3) is 0 Å². The summed E-state index contributed by atoms with van der Waals surface area (Å²) in [5, 5.41) is 0.347. The van der Waals surface area contributed by atoms with Crippen molar-refractivity contribution in [2.75, 3.05) is 6.61 Å². The maximum atomic E-state index is 13.5. The second-order valence-electron chi connectivity index (χ2n) is 7.17. The number of esters is 1. The zero-order valence-corrected chi connectivity index (χ0v) is 19.3. The minimum absolute atomic E-state index is 0.0946. The molecular weight excluding hydrogens is 436 g/mol. The number of nitrogens with one attached hydrogen (secondary N) is 1. The topological polar surface area (TPSA) is 79.5 Å². The summed E-state index contributed by atoms with van der Waals surface area (Å²) < 4.78 is 33.6. The van der Waals surface area contributed by atoms with E-state index in [-0.39, 0.29) is 24.6 Å². The van der Waals surface area contributed by atoms with E-state index in [9.17, 15) is 13.2 Å². The molecule has 0 radical (unpaired) electrons. The Morgan fingerprint density at radius 2 is 1.77 bits per heavy atom. The summed E-state index contributed by atoms with van der Waals surface area (Å²) in [5.41, 5.74) is 3.33. The lowest BCUT2D eigenvalue weighted by Gasteiger charge is -2.23. The highest BCUT2D eigenvalue weighted by atomic mass is 35.5. The van der Waals surface area contributed by atoms with Crippen LogP contribution in [-0.2, 0) is 27.8 Å². The second-order valence-corrected chi connectivity index (χ2v) is 9.54. The Morgan fingerprint density at radius 3 is 2.42 bits per heavy atom. The second kappa shape index (κ2) is 9.68. The van der Waals surface area contributed by atoms with Gasteiger partial charge in [0.15, 0.2) is 0 Å². The fraction of sp³-hybridized carbons (Fsp3) is 0.261. The van der Waals surface area contributed by atoms with E-state index in [2.05, 4.69) is 4.98 Å². The third-order valence-electron chi connectivity index (χ3n) is 5.04. The molecule has 0 spiro atoms. The Morgan fingerprint density at radius 1 is 1.06 bits per heavy atom. The number of aromatic nitrogens is 1. The van der Waals surface area contributed by atoms with Gasteiger partial charge in [0.25, 0.3) is 0 Å². The molecular formula is C23H25ClN2O4S. The average molecular weight is 461 g/mol. The molecule has 3 rings (SSSR count). The van der Waals surface area contributed by atoms with Crippen molar-refractivity contribution >= 4 is 27.6 Å². The van der Waals surface area contributed by atoms with Gasteiger partial charge in [-0.2, -0.15) is 4.31 Å². The van der Waals surface area contributed by atoms with Gasteiger partial charge in [0, 0.05) is 23.8 Å². The minimum Gasteiger partial charge on any atom is -0.461 e. The van der Waals surface area contributed by atoms with Crippen LogP contribution < -0.4 is 0 Å². The molecule has 6 nitrogen and oxygen atoms in total. The summed E-state index contributed by atoms with van der Waals surface area (Å²) in [4.78, 5) is 15.4. The van der Waals surface area contributed by atoms with Gasteiger partial charge in [0.1, 0.15) is 5.69 Å². The average Bonchev–Trinajstić information content (AvgIpc) is 3.02. The van der Waals surface area contributed by atoms with E-state index in [0.29, 0.717) is 16.3 Å². The minimum atomic E-state index is -3.86. The van der Waals surface area contributed by atoms with Gasteiger partial charge in [-0.1, -0.05) is 48.0 Å². The zero-order chi connectivity index (χ0) is 22.6. The molecule has 0 aliphatic rings. The molecule has 0 fully saturated rings. The molecule has 0 aliphatic heterocycles. The molecule has 0 amide bonds. The van der Waals surface area contributed by atoms with Gasteiger partial charge in [-0.05, 0) is 55.7 Å². The largest absolute Gasteiger partial charge is 0.461 e. The molecule has 1 heterocycles. The molecule has 0 saturated heterocycles. The lowest BCUT2D eigenvalue weighted by atomic mass is 10.1. The molecule has 8 heteroatoms. The number of hydrogen-bond acceptors (Lipinski definition) is 4. The number of sulfonamides is 1. The van der Waals surface area contributed by atoms with Gasteiger partial charge >= 0.3 is 5.97 Å². The Kier molecular flexibility index (Phi) is 7.20. The number of H-pyrrole nitrogens is 1. The van der Waals surface area contributed by atoms with Crippen molar-refractivity contribution in [3.63, 3.8) is 0 Å². The van der Waals surface area contributed by atoms with E-state index in [4.69, 9.17) is 16.3 Å². The monoisotopic (exact) mass is 460 g/mol. The van der Waals surface area contributed by atoms with Gasteiger partial charge < -0.3 is 9.72 Å². The number of ether oxygens (including phenoxy) is 1. The summed E-state index contributed by atoms with van der Waals surface area (Å²) in [6.45, 7) is 5.87. The van der Waals surface area contributed by atoms with Crippen molar-refractivity contribution in [2.45, 2.75) is 38.8 Å². The maximum Gasteiger partial charge on any atom is 0.355 e. The highest BCUT2D eigenvalue weighted by molar-refractivity contribution is 7.89. The molecule has 0 aliphatic carbocycles. The summed E-state index contributed by atoms with van der Waals surface area (Å²) in [5.74, 6) is -0.457. The Labute approximate surface area is 187 Å². The predicted molar refractivity (Wildman–Crippen MR) is 121 cm³/mol. The van der Waals surface area contributed by atoms with Crippen molar-refractivity contribution in [2.24, 2.45) is 0 Å². The molecule has 1 N–H and O–H groups in total. The highest BCUT2D eigenvalue weighted by Gasteiger charge is 2.28. The summed E-state index contributed by atoms with van der Waals surface area (Å²) in [6.07, 6.45) is 0. The summed E-state index contributed by atoms with van der Waals surface area (Å²) >= 11 is 6.05. The van der Waals surface area contributed by atoms with Crippen LogP contribution in [0.4, 0.5) is 0 Å². The molecule has 0 bridgehead atoms. The third kappa shape index (κ3) is 5.18. The van der Waals surface area contributed by atoms with E-state index in [0.717, 1.165) is 16.8 Å². The third-order valence-corrected chi connectivity index (χ3v) is 7.07. The van der Waals surface area contributed by atoms with Crippen LogP contribution in [0.2, 0.25) is 5.02 Å². The number of benzene rings is 2. The first-order valence-corrected chi connectivity index (χ1v) is 11.7. The number of aryl methyl sites for hydroxylation is 1. The van der Waals surface area contributed by atoms with Crippen LogP contribution in [0.1, 0.15) is 39.8 Å². The standard InChI is InChI=1S/C23H25ClN2O4S/c1-4-30-23(27)22-16(2)21(17(3)25-22)15-26(14-18-9-6-5-7-10-18)31(28,29)20-12-8-11-19(24)13-20/h5-13,25H,4,14-15H2,1-3H3. The number of carbonyl (C=O) groups excluding carboxylic acids is 1. The van der Waals surface area contributed by atoms with E-state index in [1.54, 1.807) is 26.0 Å². The Bertz CT molecular complexity index is 1170. The summed E-state index contributed by atoms with van der Waals surface area (Å²) in [6, 6.07) is 15.6. The van der Waals surface area contributed by atoms with E-state index < -0.39 is 16.0 Å². The van der Waals surface area contributed by atoms with Gasteiger partial charge in [-0.15, -0.1) is 0 Å². The normalized spacial score (nSPS) is 11.6. The first-order chi connectivity index (χ1) is 14.7. The van der Waals surface area contributed by atoms with Crippen molar-refractivity contribution < 1.29 is 17.9 Å². The van der Waals surface area contributed by atoms with E-state index in [1.807, 2.05) is 37.3 Å². The van der Waals surface area contributed by atoms with Gasteiger partial charge in [0.2, 0.25) is 10.0 Å². The van der Waals surface area contributed by atoms with Crippen molar-refractivity contribution in [3.05, 3.63) is 87.7 Å². The van der Waals surface area contributed by atoms with Crippen LogP contribution in [-0.4, -0.2) is 30.3 Å². The number of rotatable bonds is 8.